The molecule has 0 saturated carbocycles. The molecule has 0 radical (unpaired) electrons. The first kappa shape index (κ1) is 38.8. The first-order chi connectivity index (χ1) is 24.1. The van der Waals surface area contributed by atoms with Gasteiger partial charge < -0.3 is 25.4 Å². The van der Waals surface area contributed by atoms with Crippen molar-refractivity contribution in [2.24, 2.45) is 0 Å². The molecule has 272 valence electrons. The maximum absolute atomic E-state index is 13.1. The summed E-state index contributed by atoms with van der Waals surface area (Å²) in [6, 6.07) is 9.76. The highest BCUT2D eigenvalue weighted by Gasteiger charge is 2.22. The van der Waals surface area contributed by atoms with E-state index < -0.39 is 24.0 Å². The quantitative estimate of drug-likeness (QED) is 0.181. The highest BCUT2D eigenvalue weighted by molar-refractivity contribution is 7.24. The number of esters is 2. The molecule has 1 aromatic carbocycles. The van der Waals surface area contributed by atoms with E-state index in [1.165, 1.54) is 11.3 Å². The second kappa shape index (κ2) is 19.4. The topological polar surface area (TPSA) is 163 Å². The van der Waals surface area contributed by atoms with Crippen molar-refractivity contribution in [2.45, 2.75) is 46.3 Å². The minimum absolute atomic E-state index is 0.0364. The van der Waals surface area contributed by atoms with Gasteiger partial charge in [0.1, 0.15) is 16.9 Å². The number of amides is 2. The highest BCUT2D eigenvalue weighted by Crippen LogP contribution is 2.23. The van der Waals surface area contributed by atoms with Crippen molar-refractivity contribution in [3.8, 4) is 0 Å². The number of nitrogens with zero attached hydrogens (tertiary/aromatic N) is 4. The number of nitrogens with one attached hydrogen (secondary N) is 3. The fourth-order valence-corrected chi connectivity index (χ4v) is 6.71. The van der Waals surface area contributed by atoms with Gasteiger partial charge in [-0.25, -0.2) is 14.6 Å². The Labute approximate surface area is 296 Å². The van der Waals surface area contributed by atoms with E-state index in [-0.39, 0.29) is 43.5 Å². The van der Waals surface area contributed by atoms with E-state index >= 15 is 0 Å². The monoisotopic (exact) mass is 711 g/mol. The van der Waals surface area contributed by atoms with Crippen LogP contribution in [0.3, 0.4) is 0 Å². The van der Waals surface area contributed by atoms with Crippen LogP contribution < -0.4 is 21.4 Å². The van der Waals surface area contributed by atoms with Gasteiger partial charge in [0.2, 0.25) is 11.8 Å². The number of hydrogen-bond donors (Lipinski definition) is 3. The summed E-state index contributed by atoms with van der Waals surface area (Å²) in [6.07, 6.45) is 0. The molecule has 3 aromatic rings. The summed E-state index contributed by atoms with van der Waals surface area (Å²) in [7, 11) is 0. The Morgan fingerprint density at radius 2 is 1.32 bits per heavy atom. The van der Waals surface area contributed by atoms with Gasteiger partial charge in [-0.3, -0.25) is 29.1 Å². The Morgan fingerprint density at radius 1 is 0.780 bits per heavy atom. The molecular weight excluding hydrogens is 662 g/mol. The van der Waals surface area contributed by atoms with Crippen LogP contribution in [0.2, 0.25) is 0 Å². The zero-order chi connectivity index (χ0) is 36.0. The normalized spacial score (nSPS) is 16.9. The number of benzene rings is 1. The van der Waals surface area contributed by atoms with Crippen LogP contribution >= 0.6 is 11.3 Å². The number of ether oxygens (including phenoxy) is 2. The predicted molar refractivity (Wildman–Crippen MR) is 193 cm³/mol. The van der Waals surface area contributed by atoms with Crippen LogP contribution in [0.25, 0.3) is 20.3 Å². The third-order valence-corrected chi connectivity index (χ3v) is 9.41. The molecular formula is C35H49N7O7S. The molecule has 4 rings (SSSR count). The zero-order valence-electron chi connectivity index (χ0n) is 29.4. The van der Waals surface area contributed by atoms with Crippen LogP contribution in [0.4, 0.5) is 0 Å². The largest absolute Gasteiger partial charge is 0.464 e. The van der Waals surface area contributed by atoms with E-state index in [4.69, 9.17) is 14.5 Å². The van der Waals surface area contributed by atoms with Gasteiger partial charge in [0.15, 0.2) is 5.43 Å². The van der Waals surface area contributed by atoms with Crippen molar-refractivity contribution in [1.29, 1.82) is 0 Å². The number of fused-ring (bicyclic) bond motifs is 2. The Morgan fingerprint density at radius 3 is 1.88 bits per heavy atom. The number of aromatic nitrogens is 1. The van der Waals surface area contributed by atoms with Crippen LogP contribution in [0, 0.1) is 0 Å². The fourth-order valence-electron chi connectivity index (χ4n) is 5.65. The van der Waals surface area contributed by atoms with Crippen molar-refractivity contribution < 1.29 is 28.7 Å². The molecule has 1 aliphatic heterocycles. The fraction of sp³-hybridized carbons (Fsp3) is 0.543. The lowest BCUT2D eigenvalue weighted by Gasteiger charge is -2.31. The number of rotatable bonds is 12. The van der Waals surface area contributed by atoms with E-state index in [2.05, 4.69) is 20.9 Å². The second-order valence-electron chi connectivity index (χ2n) is 12.2. The van der Waals surface area contributed by atoms with Crippen LogP contribution in [0.15, 0.2) is 41.2 Å². The minimum Gasteiger partial charge on any atom is -0.464 e. The summed E-state index contributed by atoms with van der Waals surface area (Å²) in [5.74, 6) is -1.48. The van der Waals surface area contributed by atoms with E-state index in [0.717, 1.165) is 10.4 Å². The molecule has 2 atom stereocenters. The van der Waals surface area contributed by atoms with E-state index in [9.17, 15) is 24.0 Å². The first-order valence-corrected chi connectivity index (χ1v) is 18.0. The molecule has 0 unspecified atom stereocenters. The highest BCUT2D eigenvalue weighted by atomic mass is 32.1. The molecule has 3 N–H and O–H groups in total. The van der Waals surface area contributed by atoms with Gasteiger partial charge in [0.05, 0.1) is 37.4 Å². The minimum atomic E-state index is -0.750. The lowest BCUT2D eigenvalue weighted by molar-refractivity contribution is -0.147. The van der Waals surface area contributed by atoms with Crippen LogP contribution in [0.1, 0.15) is 33.4 Å². The molecule has 14 nitrogen and oxygen atoms in total. The summed E-state index contributed by atoms with van der Waals surface area (Å²) in [6.45, 7) is 12.5. The van der Waals surface area contributed by atoms with Crippen molar-refractivity contribution in [2.75, 3.05) is 78.7 Å². The molecule has 2 aromatic heterocycles. The third kappa shape index (κ3) is 11.5. The summed E-state index contributed by atoms with van der Waals surface area (Å²) in [5, 5.41) is 10.1. The average molecular weight is 712 g/mol. The Balaban J connectivity index is 1.50. The maximum Gasteiger partial charge on any atom is 0.328 e. The van der Waals surface area contributed by atoms with Gasteiger partial charge in [-0.05, 0) is 52.0 Å². The zero-order valence-corrected chi connectivity index (χ0v) is 30.2. The summed E-state index contributed by atoms with van der Waals surface area (Å²) >= 11 is 1.49. The molecule has 15 heteroatoms. The number of hydrogen-bond acceptors (Lipinski definition) is 13. The Bertz CT molecular complexity index is 1630. The van der Waals surface area contributed by atoms with E-state index in [1.54, 1.807) is 27.7 Å². The molecule has 0 spiro atoms. The molecule has 0 aliphatic carbocycles. The number of pyridine rings is 1. The maximum atomic E-state index is 13.1. The van der Waals surface area contributed by atoms with Crippen molar-refractivity contribution in [3.05, 3.63) is 52.3 Å². The predicted octanol–water partition coefficient (Wildman–Crippen LogP) is 0.955. The number of carbonyl (C=O) groups is 4. The van der Waals surface area contributed by atoms with Gasteiger partial charge in [-0.2, -0.15) is 0 Å². The average Bonchev–Trinajstić information content (AvgIpc) is 3.08. The van der Waals surface area contributed by atoms with Crippen molar-refractivity contribution >= 4 is 55.4 Å². The Hall–Kier alpha value is -4.02. The lowest BCUT2D eigenvalue weighted by atomic mass is 10.2. The molecule has 1 aliphatic rings. The van der Waals surface area contributed by atoms with Crippen LogP contribution in [-0.4, -0.2) is 134 Å². The lowest BCUT2D eigenvalue weighted by Crippen LogP contribution is -2.50. The van der Waals surface area contributed by atoms with Gasteiger partial charge in [0, 0.05) is 69.0 Å². The number of carbonyl (C=O) groups excluding carboxylic acids is 4. The van der Waals surface area contributed by atoms with Gasteiger partial charge in [-0.1, -0.05) is 12.1 Å². The summed E-state index contributed by atoms with van der Waals surface area (Å²) < 4.78 is 10.9. The molecule has 3 heterocycles. The third-order valence-electron chi connectivity index (χ3n) is 8.33. The van der Waals surface area contributed by atoms with Crippen molar-refractivity contribution in [3.63, 3.8) is 0 Å². The molecule has 1 fully saturated rings. The van der Waals surface area contributed by atoms with Gasteiger partial charge in [-0.15, -0.1) is 11.3 Å². The van der Waals surface area contributed by atoms with Gasteiger partial charge in [0.25, 0.3) is 0 Å². The standard InChI is InChI=1S/C35H49N7O7S/c1-5-48-34(46)24(3)37-30(43)22-40-15-13-36-14-16-41(23-31(44)38-25(4)35(47)49-6-2)18-20-42(19-17-40)21-26-11-12-28-32(45)27-9-7-8-10-29(27)50-33(28)39-26/h7-12,24-25,36H,5-6,13-23H2,1-4H3,(H,37,43)(H,38,44)/t24-,25-/m1/s1. The molecule has 0 bridgehead atoms. The first-order valence-electron chi connectivity index (χ1n) is 17.2. The molecule has 2 amide bonds. The summed E-state index contributed by atoms with van der Waals surface area (Å²) in [5.41, 5.74) is 0.767. The second-order valence-corrected chi connectivity index (χ2v) is 13.3. The van der Waals surface area contributed by atoms with Crippen LogP contribution in [0.5, 0.6) is 0 Å². The van der Waals surface area contributed by atoms with E-state index in [1.807, 2.05) is 46.2 Å². The van der Waals surface area contributed by atoms with Crippen molar-refractivity contribution in [1.82, 2.24) is 35.6 Å². The molecule has 50 heavy (non-hydrogen) atoms. The van der Waals surface area contributed by atoms with Crippen LogP contribution in [-0.2, 0) is 35.2 Å². The molecule has 1 saturated heterocycles. The van der Waals surface area contributed by atoms with Gasteiger partial charge >= 0.3 is 11.9 Å². The Kier molecular flexibility index (Phi) is 15.0. The SMILES string of the molecule is CCOC(=O)[C@@H](C)NC(=O)CN1CCNCCN(CC(=O)N[C@H](C)C(=O)OCC)CCN(Cc2ccc3c(=O)c4ccccc4sc3n2)CC1. The van der Waals surface area contributed by atoms with E-state index in [0.29, 0.717) is 74.5 Å². The smallest absolute Gasteiger partial charge is 0.328 e. The summed E-state index contributed by atoms with van der Waals surface area (Å²) in [4.78, 5) is 75.0.